The van der Waals surface area contributed by atoms with Gasteiger partial charge in [0.05, 0.1) is 19.3 Å². The first-order valence-electron chi connectivity index (χ1n) is 8.75. The Labute approximate surface area is 145 Å². The zero-order valence-electron chi connectivity index (χ0n) is 14.8. The van der Waals surface area contributed by atoms with Gasteiger partial charge in [0.15, 0.2) is 0 Å². The molecule has 0 heterocycles. The molecule has 1 N–H and O–H groups in total. The maximum atomic E-state index is 10.3. The molecule has 0 aliphatic rings. The Morgan fingerprint density at radius 3 is 2.46 bits per heavy atom. The van der Waals surface area contributed by atoms with Gasteiger partial charge in [-0.2, -0.15) is 0 Å². The number of benzene rings is 2. The quantitative estimate of drug-likeness (QED) is 0.721. The van der Waals surface area contributed by atoms with E-state index in [0.29, 0.717) is 19.8 Å². The first kappa shape index (κ1) is 18.7. The number of ether oxygens (including phenoxy) is 1. The Bertz CT molecular complexity index is 585. The molecule has 0 aliphatic carbocycles. The van der Waals surface area contributed by atoms with Gasteiger partial charge in [0.25, 0.3) is 0 Å². The van der Waals surface area contributed by atoms with Gasteiger partial charge in [0.2, 0.25) is 0 Å². The van der Waals surface area contributed by atoms with Crippen LogP contribution in [0.4, 0.5) is 0 Å². The average molecular weight is 327 g/mol. The highest BCUT2D eigenvalue weighted by molar-refractivity contribution is 5.25. The lowest BCUT2D eigenvalue weighted by Crippen LogP contribution is -2.35. The van der Waals surface area contributed by atoms with Crippen LogP contribution in [0, 0.1) is 6.92 Å². The summed E-state index contributed by atoms with van der Waals surface area (Å²) in [4.78, 5) is 2.30. The minimum atomic E-state index is -0.468. The topological polar surface area (TPSA) is 32.7 Å². The molecule has 130 valence electrons. The normalized spacial score (nSPS) is 12.5. The molecule has 1 unspecified atom stereocenters. The van der Waals surface area contributed by atoms with Gasteiger partial charge >= 0.3 is 0 Å². The molecule has 2 aromatic carbocycles. The van der Waals surface area contributed by atoms with Crippen molar-refractivity contribution in [1.29, 1.82) is 0 Å². The Balaban J connectivity index is 1.80. The van der Waals surface area contributed by atoms with Crippen LogP contribution >= 0.6 is 0 Å². The van der Waals surface area contributed by atoms with Gasteiger partial charge in [-0.05, 0) is 36.6 Å². The van der Waals surface area contributed by atoms with Crippen LogP contribution in [0.3, 0.4) is 0 Å². The predicted molar refractivity (Wildman–Crippen MR) is 98.9 cm³/mol. The van der Waals surface area contributed by atoms with Crippen molar-refractivity contribution in [3.63, 3.8) is 0 Å². The Kier molecular flexibility index (Phi) is 7.96. The van der Waals surface area contributed by atoms with Crippen molar-refractivity contribution < 1.29 is 9.84 Å². The monoisotopic (exact) mass is 327 g/mol. The Morgan fingerprint density at radius 1 is 1.04 bits per heavy atom. The molecule has 0 saturated heterocycles. The molecular weight excluding hydrogens is 298 g/mol. The molecule has 0 saturated carbocycles. The third kappa shape index (κ3) is 6.44. The number of aliphatic hydroxyl groups is 1. The van der Waals surface area contributed by atoms with Crippen LogP contribution in [0.2, 0.25) is 0 Å². The third-order valence-electron chi connectivity index (χ3n) is 4.09. The largest absolute Gasteiger partial charge is 0.389 e. The summed E-state index contributed by atoms with van der Waals surface area (Å²) in [6.07, 6.45) is 0.605. The second-order valence-corrected chi connectivity index (χ2v) is 6.32. The van der Waals surface area contributed by atoms with Crippen molar-refractivity contribution in [3.05, 3.63) is 71.3 Å². The molecule has 2 aromatic rings. The van der Waals surface area contributed by atoms with Crippen molar-refractivity contribution in [2.24, 2.45) is 0 Å². The van der Waals surface area contributed by atoms with E-state index in [1.165, 1.54) is 11.1 Å². The molecule has 0 fully saturated rings. The standard InChI is InChI=1S/C21H29NO2/c1-3-13-22(14-20-12-8-7-9-18(20)2)15-21(23)17-24-16-19-10-5-4-6-11-19/h4-12,21,23H,3,13-17H2,1-2H3. The summed E-state index contributed by atoms with van der Waals surface area (Å²) in [7, 11) is 0. The lowest BCUT2D eigenvalue weighted by atomic mass is 10.1. The fourth-order valence-electron chi connectivity index (χ4n) is 2.82. The second-order valence-electron chi connectivity index (χ2n) is 6.32. The van der Waals surface area contributed by atoms with E-state index in [1.807, 2.05) is 30.3 Å². The number of hydrogen-bond donors (Lipinski definition) is 1. The van der Waals surface area contributed by atoms with Gasteiger partial charge in [-0.15, -0.1) is 0 Å². The van der Waals surface area contributed by atoms with Gasteiger partial charge in [0, 0.05) is 13.1 Å². The minimum absolute atomic E-state index is 0.364. The van der Waals surface area contributed by atoms with Gasteiger partial charge in [0.1, 0.15) is 0 Å². The highest BCUT2D eigenvalue weighted by Gasteiger charge is 2.13. The van der Waals surface area contributed by atoms with Gasteiger partial charge in [-0.3, -0.25) is 4.90 Å². The fraction of sp³-hybridized carbons (Fsp3) is 0.429. The maximum absolute atomic E-state index is 10.3. The summed E-state index contributed by atoms with van der Waals surface area (Å²) in [5.41, 5.74) is 3.76. The van der Waals surface area contributed by atoms with Crippen LogP contribution in [0.25, 0.3) is 0 Å². The number of hydrogen-bond acceptors (Lipinski definition) is 3. The van der Waals surface area contributed by atoms with Gasteiger partial charge in [-0.1, -0.05) is 61.5 Å². The molecule has 0 aromatic heterocycles. The third-order valence-corrected chi connectivity index (χ3v) is 4.09. The van der Waals surface area contributed by atoms with Crippen molar-refractivity contribution in [2.75, 3.05) is 19.7 Å². The summed E-state index contributed by atoms with van der Waals surface area (Å²) >= 11 is 0. The fourth-order valence-corrected chi connectivity index (χ4v) is 2.82. The molecule has 0 aliphatic heterocycles. The van der Waals surface area contributed by atoms with Crippen molar-refractivity contribution in [3.8, 4) is 0 Å². The van der Waals surface area contributed by atoms with E-state index in [9.17, 15) is 5.11 Å². The summed E-state index contributed by atoms with van der Waals surface area (Å²) in [5, 5.41) is 10.3. The molecule has 3 nitrogen and oxygen atoms in total. The zero-order valence-corrected chi connectivity index (χ0v) is 14.8. The first-order chi connectivity index (χ1) is 11.7. The summed E-state index contributed by atoms with van der Waals surface area (Å²) < 4.78 is 5.66. The van der Waals surface area contributed by atoms with Crippen LogP contribution in [0.1, 0.15) is 30.0 Å². The summed E-state index contributed by atoms with van der Waals surface area (Å²) in [6, 6.07) is 18.5. The highest BCUT2D eigenvalue weighted by Crippen LogP contribution is 2.11. The smallest absolute Gasteiger partial charge is 0.0900 e. The van der Waals surface area contributed by atoms with Crippen molar-refractivity contribution in [2.45, 2.75) is 39.5 Å². The Hall–Kier alpha value is -1.68. The maximum Gasteiger partial charge on any atom is 0.0900 e. The van der Waals surface area contributed by atoms with Crippen LogP contribution in [0.15, 0.2) is 54.6 Å². The zero-order chi connectivity index (χ0) is 17.2. The Morgan fingerprint density at radius 2 is 1.75 bits per heavy atom. The summed E-state index contributed by atoms with van der Waals surface area (Å²) in [5.74, 6) is 0. The van der Waals surface area contributed by atoms with E-state index in [1.54, 1.807) is 0 Å². The van der Waals surface area contributed by atoms with Crippen LogP contribution in [-0.4, -0.2) is 35.8 Å². The number of rotatable bonds is 10. The molecule has 2 rings (SSSR count). The van der Waals surface area contributed by atoms with E-state index >= 15 is 0 Å². The van der Waals surface area contributed by atoms with Crippen molar-refractivity contribution >= 4 is 0 Å². The van der Waals surface area contributed by atoms with Crippen LogP contribution in [-0.2, 0) is 17.9 Å². The van der Waals surface area contributed by atoms with Crippen LogP contribution in [0.5, 0.6) is 0 Å². The molecule has 3 heteroatoms. The van der Waals surface area contributed by atoms with E-state index in [-0.39, 0.29) is 0 Å². The van der Waals surface area contributed by atoms with E-state index in [0.717, 1.165) is 25.1 Å². The van der Waals surface area contributed by atoms with Crippen LogP contribution < -0.4 is 0 Å². The van der Waals surface area contributed by atoms with E-state index in [4.69, 9.17) is 4.74 Å². The lowest BCUT2D eigenvalue weighted by molar-refractivity contribution is 0.00854. The summed E-state index contributed by atoms with van der Waals surface area (Å²) in [6.45, 7) is 7.70. The van der Waals surface area contributed by atoms with Crippen molar-refractivity contribution in [1.82, 2.24) is 4.90 Å². The first-order valence-corrected chi connectivity index (χ1v) is 8.75. The SMILES string of the molecule is CCCN(Cc1ccccc1C)CC(O)COCc1ccccc1. The van der Waals surface area contributed by atoms with E-state index in [2.05, 4.69) is 43.0 Å². The van der Waals surface area contributed by atoms with Gasteiger partial charge in [-0.25, -0.2) is 0 Å². The number of aliphatic hydroxyl groups excluding tert-OH is 1. The van der Waals surface area contributed by atoms with E-state index < -0.39 is 6.10 Å². The highest BCUT2D eigenvalue weighted by atomic mass is 16.5. The molecule has 0 spiro atoms. The molecule has 0 radical (unpaired) electrons. The molecule has 0 amide bonds. The number of aryl methyl sites for hydroxylation is 1. The number of nitrogens with zero attached hydrogens (tertiary/aromatic N) is 1. The average Bonchev–Trinajstić information content (AvgIpc) is 2.58. The molecule has 24 heavy (non-hydrogen) atoms. The molecule has 0 bridgehead atoms. The van der Waals surface area contributed by atoms with Gasteiger partial charge < -0.3 is 9.84 Å². The molecule has 1 atom stereocenters. The predicted octanol–water partition coefficient (Wildman–Crippen LogP) is 3.78. The second kappa shape index (κ2) is 10.2. The minimum Gasteiger partial charge on any atom is -0.389 e. The molecular formula is C21H29NO2. The lowest BCUT2D eigenvalue weighted by Gasteiger charge is -2.25.